The van der Waals surface area contributed by atoms with E-state index in [1.54, 1.807) is 36.4 Å². The second kappa shape index (κ2) is 9.01. The highest BCUT2D eigenvalue weighted by Crippen LogP contribution is 2.27. The Morgan fingerprint density at radius 1 is 0.758 bits per heavy atom. The molecule has 0 saturated heterocycles. The van der Waals surface area contributed by atoms with Crippen LogP contribution in [-0.2, 0) is 6.61 Å². The molecular weight excluding hydrogens is 419 g/mol. The molecule has 0 aliphatic heterocycles. The zero-order chi connectivity index (χ0) is 22.6. The predicted molar refractivity (Wildman–Crippen MR) is 125 cm³/mol. The van der Waals surface area contributed by atoms with Gasteiger partial charge in [-0.3, -0.25) is 4.79 Å². The lowest BCUT2D eigenvalue weighted by molar-refractivity contribution is 0.300. The summed E-state index contributed by atoms with van der Waals surface area (Å²) in [6.07, 6.45) is 1.29. The summed E-state index contributed by atoms with van der Waals surface area (Å²) in [4.78, 5) is 12.9. The van der Waals surface area contributed by atoms with E-state index < -0.39 is 0 Å². The van der Waals surface area contributed by atoms with Crippen molar-refractivity contribution in [3.05, 3.63) is 125 Å². The van der Waals surface area contributed by atoms with Crippen LogP contribution in [0.15, 0.2) is 113 Å². The second-order valence-corrected chi connectivity index (χ2v) is 7.46. The third-order valence-corrected chi connectivity index (χ3v) is 5.26. The van der Waals surface area contributed by atoms with E-state index in [0.717, 1.165) is 11.1 Å². The standard InChI is InChI=1S/C28H19FO4/c29-25-9-5-4-8-21(25)17-31-23-14-15-24-26(16-23)32-18-27(28(24)30)33-22-12-10-20(11-13-22)19-6-2-1-3-7-19/h1-16,18H,17H2. The summed E-state index contributed by atoms with van der Waals surface area (Å²) >= 11 is 0. The first-order valence-corrected chi connectivity index (χ1v) is 10.4. The number of rotatable bonds is 6. The fourth-order valence-electron chi connectivity index (χ4n) is 3.50. The third-order valence-electron chi connectivity index (χ3n) is 5.26. The Kier molecular flexibility index (Phi) is 5.60. The van der Waals surface area contributed by atoms with Gasteiger partial charge in [0.1, 0.15) is 35.8 Å². The average molecular weight is 438 g/mol. The summed E-state index contributed by atoms with van der Waals surface area (Å²) in [5, 5.41) is 0.367. The van der Waals surface area contributed by atoms with E-state index in [1.807, 2.05) is 54.6 Å². The highest BCUT2D eigenvalue weighted by atomic mass is 19.1. The van der Waals surface area contributed by atoms with Gasteiger partial charge in [-0.2, -0.15) is 0 Å². The lowest BCUT2D eigenvalue weighted by Crippen LogP contribution is -2.05. The fraction of sp³-hybridized carbons (Fsp3) is 0.0357. The van der Waals surface area contributed by atoms with Crippen LogP contribution < -0.4 is 14.9 Å². The van der Waals surface area contributed by atoms with Crippen LogP contribution in [0.3, 0.4) is 0 Å². The maximum atomic E-state index is 13.8. The van der Waals surface area contributed by atoms with Gasteiger partial charge < -0.3 is 13.9 Å². The number of benzene rings is 4. The van der Waals surface area contributed by atoms with Gasteiger partial charge in [0, 0.05) is 11.6 Å². The minimum atomic E-state index is -0.330. The van der Waals surface area contributed by atoms with Crippen molar-refractivity contribution < 1.29 is 18.3 Å². The molecule has 0 saturated carbocycles. The smallest absolute Gasteiger partial charge is 0.235 e. The fourth-order valence-corrected chi connectivity index (χ4v) is 3.50. The zero-order valence-corrected chi connectivity index (χ0v) is 17.5. The largest absolute Gasteiger partial charge is 0.489 e. The van der Waals surface area contributed by atoms with Gasteiger partial charge in [0.2, 0.25) is 11.2 Å². The highest BCUT2D eigenvalue weighted by Gasteiger charge is 2.11. The first-order valence-electron chi connectivity index (χ1n) is 10.4. The molecule has 0 radical (unpaired) electrons. The lowest BCUT2D eigenvalue weighted by atomic mass is 10.1. The van der Waals surface area contributed by atoms with Gasteiger partial charge in [0.25, 0.3) is 0 Å². The van der Waals surface area contributed by atoms with Crippen LogP contribution in [0.1, 0.15) is 5.56 Å². The Balaban J connectivity index is 1.33. The first-order chi connectivity index (χ1) is 16.2. The molecule has 0 spiro atoms. The van der Waals surface area contributed by atoms with Gasteiger partial charge in [-0.15, -0.1) is 0 Å². The molecule has 0 fully saturated rings. The Labute approximate surface area is 189 Å². The van der Waals surface area contributed by atoms with Gasteiger partial charge >= 0.3 is 0 Å². The maximum Gasteiger partial charge on any atom is 0.235 e. The number of fused-ring (bicyclic) bond motifs is 1. The Morgan fingerprint density at radius 3 is 2.24 bits per heavy atom. The van der Waals surface area contributed by atoms with Crippen molar-refractivity contribution in [2.75, 3.05) is 0 Å². The number of hydrogen-bond donors (Lipinski definition) is 0. The van der Waals surface area contributed by atoms with E-state index in [1.165, 1.54) is 12.3 Å². The quantitative estimate of drug-likeness (QED) is 0.287. The summed E-state index contributed by atoms with van der Waals surface area (Å²) < 4.78 is 30.8. The summed E-state index contributed by atoms with van der Waals surface area (Å²) in [7, 11) is 0. The van der Waals surface area contributed by atoms with Crippen LogP contribution in [0.4, 0.5) is 4.39 Å². The van der Waals surface area contributed by atoms with Gasteiger partial charge in [-0.25, -0.2) is 4.39 Å². The minimum Gasteiger partial charge on any atom is -0.489 e. The summed E-state index contributed by atoms with van der Waals surface area (Å²) in [5.74, 6) is 0.767. The Hall–Kier alpha value is -4.38. The Bertz CT molecular complexity index is 1460. The van der Waals surface area contributed by atoms with E-state index in [0.29, 0.717) is 28.0 Å². The molecule has 5 rings (SSSR count). The molecule has 0 atom stereocenters. The summed E-state index contributed by atoms with van der Waals surface area (Å²) in [6, 6.07) is 28.8. The lowest BCUT2D eigenvalue weighted by Gasteiger charge is -2.09. The molecule has 5 aromatic rings. The molecule has 0 N–H and O–H groups in total. The van der Waals surface area contributed by atoms with Crippen LogP contribution in [0.25, 0.3) is 22.1 Å². The van der Waals surface area contributed by atoms with Crippen LogP contribution in [0.2, 0.25) is 0 Å². The second-order valence-electron chi connectivity index (χ2n) is 7.46. The molecule has 4 nitrogen and oxygen atoms in total. The first kappa shape index (κ1) is 20.5. The average Bonchev–Trinajstić information content (AvgIpc) is 2.86. The SMILES string of the molecule is O=c1c(Oc2ccc(-c3ccccc3)cc2)coc2cc(OCc3ccccc3F)ccc12. The maximum absolute atomic E-state index is 13.8. The molecule has 4 aromatic carbocycles. The monoisotopic (exact) mass is 438 g/mol. The van der Waals surface area contributed by atoms with Crippen molar-refractivity contribution in [1.29, 1.82) is 0 Å². The summed E-state index contributed by atoms with van der Waals surface area (Å²) in [6.45, 7) is 0.0720. The van der Waals surface area contributed by atoms with Crippen LogP contribution in [0.5, 0.6) is 17.2 Å². The van der Waals surface area contributed by atoms with E-state index in [-0.39, 0.29) is 23.6 Å². The number of halogens is 1. The van der Waals surface area contributed by atoms with Crippen molar-refractivity contribution in [2.24, 2.45) is 0 Å². The molecule has 0 aliphatic carbocycles. The van der Waals surface area contributed by atoms with Gasteiger partial charge in [0.15, 0.2) is 0 Å². The van der Waals surface area contributed by atoms with Crippen molar-refractivity contribution in [2.45, 2.75) is 6.61 Å². The van der Waals surface area contributed by atoms with Gasteiger partial charge in [-0.1, -0.05) is 60.7 Å². The molecule has 0 unspecified atom stereocenters. The van der Waals surface area contributed by atoms with Crippen molar-refractivity contribution in [1.82, 2.24) is 0 Å². The summed E-state index contributed by atoms with van der Waals surface area (Å²) in [5.41, 5.74) is 2.67. The molecule has 33 heavy (non-hydrogen) atoms. The predicted octanol–water partition coefficient (Wildman–Crippen LogP) is 6.97. The van der Waals surface area contributed by atoms with Crippen LogP contribution in [-0.4, -0.2) is 0 Å². The van der Waals surface area contributed by atoms with Gasteiger partial charge in [-0.05, 0) is 41.5 Å². The van der Waals surface area contributed by atoms with Gasteiger partial charge in [0.05, 0.1) is 5.39 Å². The van der Waals surface area contributed by atoms with Crippen molar-refractivity contribution >= 4 is 11.0 Å². The van der Waals surface area contributed by atoms with E-state index in [2.05, 4.69) is 0 Å². The number of hydrogen-bond acceptors (Lipinski definition) is 4. The van der Waals surface area contributed by atoms with Crippen molar-refractivity contribution in [3.63, 3.8) is 0 Å². The minimum absolute atomic E-state index is 0.0720. The molecule has 1 aromatic heterocycles. The zero-order valence-electron chi connectivity index (χ0n) is 17.5. The van der Waals surface area contributed by atoms with Crippen LogP contribution in [0, 0.1) is 5.82 Å². The molecule has 1 heterocycles. The highest BCUT2D eigenvalue weighted by molar-refractivity contribution is 5.79. The topological polar surface area (TPSA) is 48.7 Å². The Morgan fingerprint density at radius 2 is 1.45 bits per heavy atom. The van der Waals surface area contributed by atoms with Crippen LogP contribution >= 0.6 is 0 Å². The number of ether oxygens (including phenoxy) is 2. The van der Waals surface area contributed by atoms with E-state index >= 15 is 0 Å². The molecular formula is C28H19FO4. The molecule has 0 aliphatic rings. The van der Waals surface area contributed by atoms with E-state index in [4.69, 9.17) is 13.9 Å². The normalized spacial score (nSPS) is 10.8. The third kappa shape index (κ3) is 4.48. The molecule has 0 bridgehead atoms. The molecule has 0 amide bonds. The molecule has 5 heteroatoms. The van der Waals surface area contributed by atoms with E-state index in [9.17, 15) is 9.18 Å². The van der Waals surface area contributed by atoms with Crippen molar-refractivity contribution in [3.8, 4) is 28.4 Å². The molecule has 162 valence electrons.